The third-order valence-corrected chi connectivity index (χ3v) is 3.94. The first kappa shape index (κ1) is 14.8. The summed E-state index contributed by atoms with van der Waals surface area (Å²) in [5.41, 5.74) is 1.75. The SMILES string of the molecule is Cc1noc(C)c1C(=O)Nc1cnn(CC2CCOCC2)c1. The minimum Gasteiger partial charge on any atom is -0.381 e. The molecule has 0 bridgehead atoms. The average Bonchev–Trinajstić information content (AvgIpc) is 3.07. The van der Waals surface area contributed by atoms with E-state index in [1.54, 1.807) is 20.0 Å². The van der Waals surface area contributed by atoms with Crippen molar-refractivity contribution in [2.75, 3.05) is 18.5 Å². The maximum atomic E-state index is 12.3. The summed E-state index contributed by atoms with van der Waals surface area (Å²) in [6, 6.07) is 0. The van der Waals surface area contributed by atoms with Crippen LogP contribution < -0.4 is 5.32 Å². The van der Waals surface area contributed by atoms with Crippen LogP contribution in [0.4, 0.5) is 5.69 Å². The zero-order valence-corrected chi connectivity index (χ0v) is 12.8. The van der Waals surface area contributed by atoms with Gasteiger partial charge in [-0.1, -0.05) is 5.16 Å². The zero-order chi connectivity index (χ0) is 15.5. The smallest absolute Gasteiger partial charge is 0.261 e. The first-order chi connectivity index (χ1) is 10.6. The molecule has 0 unspecified atom stereocenters. The summed E-state index contributed by atoms with van der Waals surface area (Å²) in [5, 5.41) is 10.9. The molecule has 3 rings (SSSR count). The fourth-order valence-corrected chi connectivity index (χ4v) is 2.72. The second-order valence-corrected chi connectivity index (χ2v) is 5.66. The second-order valence-electron chi connectivity index (χ2n) is 5.66. The number of rotatable bonds is 4. The van der Waals surface area contributed by atoms with E-state index in [1.807, 2.05) is 10.9 Å². The predicted molar refractivity (Wildman–Crippen MR) is 79.7 cm³/mol. The van der Waals surface area contributed by atoms with Gasteiger partial charge in [-0.05, 0) is 32.6 Å². The number of nitrogens with zero attached hydrogens (tertiary/aromatic N) is 3. The van der Waals surface area contributed by atoms with E-state index in [2.05, 4.69) is 15.6 Å². The Bertz CT molecular complexity index is 636. The Balaban J connectivity index is 1.63. The molecule has 0 atom stereocenters. The van der Waals surface area contributed by atoms with Gasteiger partial charge in [0.05, 0.1) is 17.6 Å². The van der Waals surface area contributed by atoms with Crippen molar-refractivity contribution < 1.29 is 14.1 Å². The van der Waals surface area contributed by atoms with E-state index in [0.717, 1.165) is 32.6 Å². The van der Waals surface area contributed by atoms with Crippen LogP contribution in [0, 0.1) is 19.8 Å². The van der Waals surface area contributed by atoms with Crippen LogP contribution >= 0.6 is 0 Å². The van der Waals surface area contributed by atoms with Gasteiger partial charge in [0.15, 0.2) is 0 Å². The van der Waals surface area contributed by atoms with Crippen LogP contribution in [0.15, 0.2) is 16.9 Å². The Hall–Kier alpha value is -2.15. The van der Waals surface area contributed by atoms with Crippen molar-refractivity contribution in [1.82, 2.24) is 14.9 Å². The highest BCUT2D eigenvalue weighted by Gasteiger charge is 2.19. The van der Waals surface area contributed by atoms with E-state index in [4.69, 9.17) is 9.26 Å². The lowest BCUT2D eigenvalue weighted by atomic mass is 10.0. The van der Waals surface area contributed by atoms with E-state index in [0.29, 0.717) is 28.6 Å². The van der Waals surface area contributed by atoms with Crippen LogP contribution in [0.25, 0.3) is 0 Å². The molecule has 1 aliphatic heterocycles. The molecule has 1 fully saturated rings. The lowest BCUT2D eigenvalue weighted by Gasteiger charge is -2.21. The van der Waals surface area contributed by atoms with Crippen LogP contribution in [0.3, 0.4) is 0 Å². The van der Waals surface area contributed by atoms with Crippen LogP contribution in [0.2, 0.25) is 0 Å². The van der Waals surface area contributed by atoms with Crippen molar-refractivity contribution >= 4 is 11.6 Å². The number of anilines is 1. The lowest BCUT2D eigenvalue weighted by molar-refractivity contribution is 0.0601. The molecule has 1 aliphatic rings. The van der Waals surface area contributed by atoms with E-state index in [9.17, 15) is 4.79 Å². The van der Waals surface area contributed by atoms with Gasteiger partial charge in [-0.25, -0.2) is 0 Å². The van der Waals surface area contributed by atoms with E-state index < -0.39 is 0 Å². The molecule has 7 nitrogen and oxygen atoms in total. The van der Waals surface area contributed by atoms with Gasteiger partial charge in [-0.15, -0.1) is 0 Å². The molecule has 22 heavy (non-hydrogen) atoms. The van der Waals surface area contributed by atoms with Gasteiger partial charge in [0.1, 0.15) is 11.3 Å². The van der Waals surface area contributed by atoms with Gasteiger partial charge >= 0.3 is 0 Å². The topological polar surface area (TPSA) is 82.2 Å². The Labute approximate surface area is 128 Å². The molecule has 118 valence electrons. The average molecular weight is 304 g/mol. The van der Waals surface area contributed by atoms with Crippen LogP contribution in [-0.2, 0) is 11.3 Å². The Morgan fingerprint density at radius 2 is 2.18 bits per heavy atom. The Morgan fingerprint density at radius 3 is 2.86 bits per heavy atom. The monoisotopic (exact) mass is 304 g/mol. The van der Waals surface area contributed by atoms with Gasteiger partial charge in [-0.3, -0.25) is 9.48 Å². The quantitative estimate of drug-likeness (QED) is 0.936. The third-order valence-electron chi connectivity index (χ3n) is 3.94. The van der Waals surface area contributed by atoms with Gasteiger partial charge in [0.25, 0.3) is 5.91 Å². The number of hydrogen-bond acceptors (Lipinski definition) is 5. The molecule has 0 aliphatic carbocycles. The summed E-state index contributed by atoms with van der Waals surface area (Å²) in [6.45, 7) is 5.97. The number of carbonyl (C=O) groups excluding carboxylic acids is 1. The fraction of sp³-hybridized carbons (Fsp3) is 0.533. The summed E-state index contributed by atoms with van der Waals surface area (Å²) < 4.78 is 12.2. The predicted octanol–water partition coefficient (Wildman–Crippen LogP) is 2.17. The molecular weight excluding hydrogens is 284 g/mol. The standard InChI is InChI=1S/C15H20N4O3/c1-10-14(11(2)22-18-10)15(20)17-13-7-16-19(9-13)8-12-3-5-21-6-4-12/h7,9,12H,3-6,8H2,1-2H3,(H,17,20). The molecule has 3 heterocycles. The second kappa shape index (κ2) is 6.31. The number of aromatic nitrogens is 3. The largest absolute Gasteiger partial charge is 0.381 e. The number of aryl methyl sites for hydroxylation is 2. The first-order valence-electron chi connectivity index (χ1n) is 7.48. The Morgan fingerprint density at radius 1 is 1.41 bits per heavy atom. The third kappa shape index (κ3) is 3.19. The number of ether oxygens (including phenoxy) is 1. The summed E-state index contributed by atoms with van der Waals surface area (Å²) in [7, 11) is 0. The molecule has 0 saturated carbocycles. The van der Waals surface area contributed by atoms with E-state index >= 15 is 0 Å². The molecule has 2 aromatic rings. The van der Waals surface area contributed by atoms with Crippen molar-refractivity contribution in [3.63, 3.8) is 0 Å². The number of nitrogens with one attached hydrogen (secondary N) is 1. The summed E-state index contributed by atoms with van der Waals surface area (Å²) in [6.07, 6.45) is 5.63. The number of amides is 1. The van der Waals surface area contributed by atoms with Gasteiger partial charge in [0.2, 0.25) is 0 Å². The number of carbonyl (C=O) groups is 1. The van der Waals surface area contributed by atoms with Gasteiger partial charge in [0, 0.05) is 26.0 Å². The van der Waals surface area contributed by atoms with Crippen LogP contribution in [0.1, 0.15) is 34.7 Å². The van der Waals surface area contributed by atoms with Gasteiger partial charge < -0.3 is 14.6 Å². The molecule has 0 aromatic carbocycles. The summed E-state index contributed by atoms with van der Waals surface area (Å²) in [4.78, 5) is 12.3. The molecule has 1 saturated heterocycles. The maximum absolute atomic E-state index is 12.3. The van der Waals surface area contributed by atoms with Crippen molar-refractivity contribution in [1.29, 1.82) is 0 Å². The summed E-state index contributed by atoms with van der Waals surface area (Å²) >= 11 is 0. The molecule has 0 spiro atoms. The minimum atomic E-state index is -0.220. The molecule has 2 aromatic heterocycles. The Kier molecular flexibility index (Phi) is 4.24. The molecule has 1 N–H and O–H groups in total. The van der Waals surface area contributed by atoms with Crippen molar-refractivity contribution in [3.05, 3.63) is 29.4 Å². The highest BCUT2D eigenvalue weighted by atomic mass is 16.5. The van der Waals surface area contributed by atoms with Crippen molar-refractivity contribution in [2.24, 2.45) is 5.92 Å². The molecule has 1 amide bonds. The number of hydrogen-bond donors (Lipinski definition) is 1. The lowest BCUT2D eigenvalue weighted by Crippen LogP contribution is -2.20. The van der Waals surface area contributed by atoms with Crippen molar-refractivity contribution in [2.45, 2.75) is 33.2 Å². The fourth-order valence-electron chi connectivity index (χ4n) is 2.72. The van der Waals surface area contributed by atoms with Crippen LogP contribution in [0.5, 0.6) is 0 Å². The molecule has 7 heteroatoms. The summed E-state index contributed by atoms with van der Waals surface area (Å²) in [5.74, 6) is 0.881. The first-order valence-corrected chi connectivity index (χ1v) is 7.48. The zero-order valence-electron chi connectivity index (χ0n) is 12.8. The van der Waals surface area contributed by atoms with E-state index in [1.165, 1.54) is 0 Å². The highest BCUT2D eigenvalue weighted by Crippen LogP contribution is 2.18. The maximum Gasteiger partial charge on any atom is 0.261 e. The van der Waals surface area contributed by atoms with Crippen molar-refractivity contribution in [3.8, 4) is 0 Å². The molecule has 0 radical (unpaired) electrons. The minimum absolute atomic E-state index is 0.220. The highest BCUT2D eigenvalue weighted by molar-refractivity contribution is 6.05. The normalized spacial score (nSPS) is 15.9. The van der Waals surface area contributed by atoms with E-state index in [-0.39, 0.29) is 5.91 Å². The van der Waals surface area contributed by atoms with Gasteiger partial charge in [-0.2, -0.15) is 5.10 Å². The molecular formula is C15H20N4O3. The van der Waals surface area contributed by atoms with Crippen LogP contribution in [-0.4, -0.2) is 34.1 Å².